The number of amides is 2. The SMILES string of the molecule is CC(C)(C)c1cc(NC(=O)CCC(=O)NCc2ccccc2)n(-c2cccc(Cl)c2)n1. The lowest BCUT2D eigenvalue weighted by atomic mass is 9.92. The fourth-order valence-electron chi connectivity index (χ4n) is 2.96. The summed E-state index contributed by atoms with van der Waals surface area (Å²) in [6.07, 6.45) is 0.183. The molecule has 0 fully saturated rings. The van der Waals surface area contributed by atoms with Crippen LogP contribution in [0, 0.1) is 0 Å². The zero-order chi connectivity index (χ0) is 22.4. The Labute approximate surface area is 187 Å². The maximum atomic E-state index is 12.5. The second-order valence-corrected chi connectivity index (χ2v) is 8.80. The van der Waals surface area contributed by atoms with Crippen LogP contribution in [0.4, 0.5) is 5.82 Å². The Hall–Kier alpha value is -3.12. The lowest BCUT2D eigenvalue weighted by Crippen LogP contribution is -2.24. The second-order valence-electron chi connectivity index (χ2n) is 8.37. The predicted molar refractivity (Wildman–Crippen MR) is 123 cm³/mol. The molecule has 0 radical (unpaired) electrons. The van der Waals surface area contributed by atoms with E-state index in [9.17, 15) is 9.59 Å². The van der Waals surface area contributed by atoms with E-state index in [1.807, 2.05) is 48.5 Å². The molecule has 7 heteroatoms. The predicted octanol–water partition coefficient (Wildman–Crippen LogP) is 4.86. The molecule has 2 N–H and O–H groups in total. The van der Waals surface area contributed by atoms with Crippen molar-refractivity contribution in [3.63, 3.8) is 0 Å². The van der Waals surface area contributed by atoms with Crippen molar-refractivity contribution in [3.8, 4) is 5.69 Å². The van der Waals surface area contributed by atoms with Gasteiger partial charge in [0.05, 0.1) is 11.4 Å². The van der Waals surface area contributed by atoms with E-state index in [0.717, 1.165) is 16.9 Å². The van der Waals surface area contributed by atoms with Crippen LogP contribution in [0.15, 0.2) is 60.7 Å². The van der Waals surface area contributed by atoms with Crippen LogP contribution in [0.1, 0.15) is 44.9 Å². The maximum absolute atomic E-state index is 12.5. The summed E-state index contributed by atoms with van der Waals surface area (Å²) in [6, 6.07) is 18.8. The Morgan fingerprint density at radius 1 is 0.968 bits per heavy atom. The molecule has 2 amide bonds. The first-order valence-electron chi connectivity index (χ1n) is 10.2. The van der Waals surface area contributed by atoms with Crippen molar-refractivity contribution in [1.82, 2.24) is 15.1 Å². The van der Waals surface area contributed by atoms with Crippen LogP contribution in [0.5, 0.6) is 0 Å². The van der Waals surface area contributed by atoms with Crippen molar-refractivity contribution < 1.29 is 9.59 Å². The van der Waals surface area contributed by atoms with Gasteiger partial charge in [-0.05, 0) is 23.8 Å². The lowest BCUT2D eigenvalue weighted by Gasteiger charge is -2.14. The first kappa shape index (κ1) is 22.6. The molecule has 0 spiro atoms. The molecule has 0 aliphatic heterocycles. The number of rotatable bonds is 7. The number of halogens is 1. The molecule has 0 unspecified atom stereocenters. The smallest absolute Gasteiger partial charge is 0.226 e. The number of nitrogens with one attached hydrogen (secondary N) is 2. The Morgan fingerprint density at radius 3 is 2.35 bits per heavy atom. The van der Waals surface area contributed by atoms with Gasteiger partial charge in [0.25, 0.3) is 0 Å². The highest BCUT2D eigenvalue weighted by molar-refractivity contribution is 6.30. The van der Waals surface area contributed by atoms with Gasteiger partial charge in [0.2, 0.25) is 11.8 Å². The molecule has 0 saturated heterocycles. The number of nitrogens with zero attached hydrogens (tertiary/aromatic N) is 2. The molecule has 31 heavy (non-hydrogen) atoms. The second kappa shape index (κ2) is 9.79. The average Bonchev–Trinajstić information content (AvgIpc) is 3.16. The van der Waals surface area contributed by atoms with Crippen LogP contribution in [-0.4, -0.2) is 21.6 Å². The summed E-state index contributed by atoms with van der Waals surface area (Å²) < 4.78 is 1.67. The quantitative estimate of drug-likeness (QED) is 0.553. The Balaban J connectivity index is 1.64. The topological polar surface area (TPSA) is 76.0 Å². The molecule has 162 valence electrons. The van der Waals surface area contributed by atoms with Crippen molar-refractivity contribution in [2.45, 2.75) is 45.6 Å². The number of aromatic nitrogens is 2. The minimum absolute atomic E-state index is 0.0756. The third-order valence-corrected chi connectivity index (χ3v) is 4.94. The molecule has 6 nitrogen and oxygen atoms in total. The molecule has 1 heterocycles. The zero-order valence-electron chi connectivity index (χ0n) is 18.0. The number of hydrogen-bond donors (Lipinski definition) is 2. The van der Waals surface area contributed by atoms with Gasteiger partial charge in [-0.3, -0.25) is 9.59 Å². The largest absolute Gasteiger partial charge is 0.352 e. The van der Waals surface area contributed by atoms with E-state index in [-0.39, 0.29) is 30.1 Å². The number of hydrogen-bond acceptors (Lipinski definition) is 3. The maximum Gasteiger partial charge on any atom is 0.226 e. The minimum atomic E-state index is -0.251. The summed E-state index contributed by atoms with van der Waals surface area (Å²) in [5, 5.41) is 11.0. The number of anilines is 1. The molecule has 3 aromatic rings. The highest BCUT2D eigenvalue weighted by atomic mass is 35.5. The van der Waals surface area contributed by atoms with E-state index in [2.05, 4.69) is 36.5 Å². The van der Waals surface area contributed by atoms with E-state index in [1.165, 1.54) is 0 Å². The first-order chi connectivity index (χ1) is 14.7. The average molecular weight is 439 g/mol. The van der Waals surface area contributed by atoms with Gasteiger partial charge in [-0.1, -0.05) is 68.8 Å². The van der Waals surface area contributed by atoms with Crippen LogP contribution in [-0.2, 0) is 21.5 Å². The van der Waals surface area contributed by atoms with Crippen molar-refractivity contribution in [2.75, 3.05) is 5.32 Å². The highest BCUT2D eigenvalue weighted by Crippen LogP contribution is 2.27. The molecule has 1 aromatic heterocycles. The minimum Gasteiger partial charge on any atom is -0.352 e. The monoisotopic (exact) mass is 438 g/mol. The molecule has 2 aromatic carbocycles. The van der Waals surface area contributed by atoms with Crippen LogP contribution in [0.2, 0.25) is 5.02 Å². The number of benzene rings is 2. The molecule has 0 aliphatic carbocycles. The summed E-state index contributed by atoms with van der Waals surface area (Å²) in [7, 11) is 0. The summed E-state index contributed by atoms with van der Waals surface area (Å²) in [6.45, 7) is 6.61. The van der Waals surface area contributed by atoms with Gasteiger partial charge in [0.15, 0.2) is 0 Å². The van der Waals surface area contributed by atoms with Gasteiger partial charge in [-0.15, -0.1) is 0 Å². The van der Waals surface area contributed by atoms with Crippen LogP contribution >= 0.6 is 11.6 Å². The number of carbonyl (C=O) groups is 2. The van der Waals surface area contributed by atoms with Crippen molar-refractivity contribution in [3.05, 3.63) is 76.9 Å². The van der Waals surface area contributed by atoms with Crippen LogP contribution in [0.25, 0.3) is 5.69 Å². The summed E-state index contributed by atoms with van der Waals surface area (Å²) in [4.78, 5) is 24.7. The molecular formula is C24H27ClN4O2. The molecule has 0 atom stereocenters. The summed E-state index contributed by atoms with van der Waals surface area (Å²) >= 11 is 6.14. The number of carbonyl (C=O) groups excluding carboxylic acids is 2. The molecular weight excluding hydrogens is 412 g/mol. The van der Waals surface area contributed by atoms with E-state index in [4.69, 9.17) is 11.6 Å². The fourth-order valence-corrected chi connectivity index (χ4v) is 3.14. The standard InChI is InChI=1S/C24H27ClN4O2/c1-24(2,3)20-15-21(29(28-20)19-11-7-10-18(25)14-19)27-23(31)13-12-22(30)26-16-17-8-5-4-6-9-17/h4-11,14-15H,12-13,16H2,1-3H3,(H,26,30)(H,27,31). The Kier molecular flexibility index (Phi) is 7.13. The zero-order valence-corrected chi connectivity index (χ0v) is 18.7. The van der Waals surface area contributed by atoms with Crippen molar-refractivity contribution >= 4 is 29.2 Å². The van der Waals surface area contributed by atoms with Gasteiger partial charge in [-0.2, -0.15) is 5.10 Å². The van der Waals surface area contributed by atoms with Crippen LogP contribution in [0.3, 0.4) is 0 Å². The van der Waals surface area contributed by atoms with Gasteiger partial charge < -0.3 is 10.6 Å². The summed E-state index contributed by atoms with van der Waals surface area (Å²) in [5.41, 5.74) is 2.41. The third kappa shape index (κ3) is 6.43. The van der Waals surface area contributed by atoms with Gasteiger partial charge in [-0.25, -0.2) is 4.68 Å². The molecule has 0 bridgehead atoms. The Bertz CT molecular complexity index is 1050. The first-order valence-corrected chi connectivity index (χ1v) is 10.6. The van der Waals surface area contributed by atoms with Gasteiger partial charge >= 0.3 is 0 Å². The molecule has 0 aliphatic rings. The highest BCUT2D eigenvalue weighted by Gasteiger charge is 2.21. The molecule has 0 saturated carbocycles. The van der Waals surface area contributed by atoms with E-state index in [0.29, 0.717) is 17.4 Å². The van der Waals surface area contributed by atoms with E-state index in [1.54, 1.807) is 16.8 Å². The van der Waals surface area contributed by atoms with Crippen molar-refractivity contribution in [1.29, 1.82) is 0 Å². The normalized spacial score (nSPS) is 11.2. The lowest BCUT2D eigenvalue weighted by molar-refractivity contribution is -0.124. The third-order valence-electron chi connectivity index (χ3n) is 4.71. The van der Waals surface area contributed by atoms with Crippen molar-refractivity contribution in [2.24, 2.45) is 0 Å². The summed E-state index contributed by atoms with van der Waals surface area (Å²) in [5.74, 6) is 0.123. The molecule has 3 rings (SSSR count). The van der Waals surface area contributed by atoms with Gasteiger partial charge in [0.1, 0.15) is 5.82 Å². The fraction of sp³-hybridized carbons (Fsp3) is 0.292. The van der Waals surface area contributed by atoms with E-state index >= 15 is 0 Å². The Morgan fingerprint density at radius 2 is 1.68 bits per heavy atom. The van der Waals surface area contributed by atoms with Gasteiger partial charge in [0, 0.05) is 35.9 Å². The van der Waals surface area contributed by atoms with Crippen LogP contribution < -0.4 is 10.6 Å². The van der Waals surface area contributed by atoms with E-state index < -0.39 is 0 Å².